The largest absolute Gasteiger partial charge is 0.428 e. The molecule has 0 aromatic rings. The van der Waals surface area contributed by atoms with Gasteiger partial charge in [0.15, 0.2) is 6.67 Å². The van der Waals surface area contributed by atoms with E-state index in [2.05, 4.69) is 0 Å². The minimum Gasteiger partial charge on any atom is -0.244 e. The summed E-state index contributed by atoms with van der Waals surface area (Å²) in [5, 5.41) is 0. The predicted octanol–water partition coefficient (Wildman–Crippen LogP) is 2.88. The number of halogens is 7. The van der Waals surface area contributed by atoms with Crippen LogP contribution in [0.5, 0.6) is 0 Å². The van der Waals surface area contributed by atoms with Crippen LogP contribution < -0.4 is 0 Å². The third-order valence-corrected chi connectivity index (χ3v) is 1.39. The molecule has 0 aliphatic rings. The van der Waals surface area contributed by atoms with Gasteiger partial charge in [-0.25, -0.2) is 8.78 Å². The second-order valence-electron chi connectivity index (χ2n) is 2.34. The van der Waals surface area contributed by atoms with Crippen molar-refractivity contribution in [3.8, 4) is 0 Å². The van der Waals surface area contributed by atoms with Crippen molar-refractivity contribution in [3.05, 3.63) is 0 Å². The van der Waals surface area contributed by atoms with Gasteiger partial charge in [0, 0.05) is 0 Å². The van der Waals surface area contributed by atoms with Gasteiger partial charge >= 0.3 is 12.1 Å². The minimum atomic E-state index is -5.78. The first-order chi connectivity index (χ1) is 5.06. The van der Waals surface area contributed by atoms with Crippen LogP contribution in [0.2, 0.25) is 0 Å². The van der Waals surface area contributed by atoms with E-state index in [0.717, 1.165) is 0 Å². The first-order valence-corrected chi connectivity index (χ1v) is 2.75. The molecule has 0 fully saturated rings. The van der Waals surface area contributed by atoms with Crippen molar-refractivity contribution in [3.63, 3.8) is 0 Å². The third kappa shape index (κ3) is 1.64. The lowest BCUT2D eigenvalue weighted by Gasteiger charge is -2.29. The molecule has 1 atom stereocenters. The topological polar surface area (TPSA) is 0 Å². The monoisotopic (exact) mass is 198 g/mol. The highest BCUT2D eigenvalue weighted by Crippen LogP contribution is 2.44. The number of rotatable bonds is 2. The summed E-state index contributed by atoms with van der Waals surface area (Å²) in [5.74, 6) is -5.04. The molecule has 0 N–H and O–H groups in total. The zero-order valence-electron chi connectivity index (χ0n) is 5.85. The Morgan fingerprint density at radius 1 is 0.917 bits per heavy atom. The number of hydrogen-bond donors (Lipinski definition) is 0. The summed E-state index contributed by atoms with van der Waals surface area (Å²) >= 11 is 0. The Kier molecular flexibility index (Phi) is 2.66. The van der Waals surface area contributed by atoms with Gasteiger partial charge in [0.05, 0.1) is 0 Å². The lowest BCUT2D eigenvalue weighted by molar-refractivity contribution is -0.297. The normalized spacial score (nSPS) is 19.0. The maximum atomic E-state index is 12.3. The van der Waals surface area contributed by atoms with E-state index < -0.39 is 31.4 Å². The van der Waals surface area contributed by atoms with E-state index in [1.165, 1.54) is 0 Å². The molecule has 0 heterocycles. The van der Waals surface area contributed by atoms with Crippen molar-refractivity contribution >= 4 is 0 Å². The van der Waals surface area contributed by atoms with Gasteiger partial charge in [-0.3, -0.25) is 0 Å². The average molecular weight is 198 g/mol. The van der Waals surface area contributed by atoms with E-state index in [4.69, 9.17) is 0 Å². The molecular formula is C5H5F7. The Bertz CT molecular complexity index is 156. The molecular weight excluding hydrogens is 193 g/mol. The van der Waals surface area contributed by atoms with Crippen LogP contribution >= 0.6 is 0 Å². The van der Waals surface area contributed by atoms with Crippen LogP contribution in [-0.2, 0) is 0 Å². The first-order valence-electron chi connectivity index (χ1n) is 2.75. The molecule has 0 radical (unpaired) electrons. The van der Waals surface area contributed by atoms with Crippen LogP contribution in [0.15, 0.2) is 0 Å². The van der Waals surface area contributed by atoms with E-state index in [1.807, 2.05) is 0 Å². The summed E-state index contributed by atoms with van der Waals surface area (Å²) in [5.41, 5.74) is -4.82. The lowest BCUT2D eigenvalue weighted by Crippen LogP contribution is -2.54. The first kappa shape index (κ1) is 11.5. The van der Waals surface area contributed by atoms with Gasteiger partial charge in [0.25, 0.3) is 5.67 Å². The van der Waals surface area contributed by atoms with Gasteiger partial charge in [-0.15, -0.1) is 0 Å². The summed E-state index contributed by atoms with van der Waals surface area (Å²) in [4.78, 5) is 0. The van der Waals surface area contributed by atoms with E-state index in [0.29, 0.717) is 0 Å². The molecule has 0 saturated carbocycles. The van der Waals surface area contributed by atoms with Gasteiger partial charge in [0.2, 0.25) is 0 Å². The molecule has 0 aliphatic heterocycles. The SMILES string of the molecule is CC(F)(C(F)(F)F)C(F)(F)CF. The van der Waals surface area contributed by atoms with Gasteiger partial charge < -0.3 is 0 Å². The average Bonchev–Trinajstić information content (AvgIpc) is 1.85. The smallest absolute Gasteiger partial charge is 0.244 e. The minimum absolute atomic E-state index is 0.396. The standard InChI is InChI=1S/C5H5F7/c1-3(7,5(10,11)12)4(8,9)2-6/h2H2,1H3. The van der Waals surface area contributed by atoms with Crippen molar-refractivity contribution in [2.45, 2.75) is 24.7 Å². The second-order valence-corrected chi connectivity index (χ2v) is 2.34. The zero-order chi connectivity index (χ0) is 10.2. The molecule has 1 unspecified atom stereocenters. The fourth-order valence-electron chi connectivity index (χ4n) is 0.333. The summed E-state index contributed by atoms with van der Waals surface area (Å²) in [6.07, 6.45) is -5.78. The molecule has 12 heavy (non-hydrogen) atoms. The lowest BCUT2D eigenvalue weighted by atomic mass is 10.0. The Balaban J connectivity index is 4.85. The van der Waals surface area contributed by atoms with Gasteiger partial charge in [-0.1, -0.05) is 0 Å². The van der Waals surface area contributed by atoms with Crippen LogP contribution in [0.3, 0.4) is 0 Å². The molecule has 0 amide bonds. The van der Waals surface area contributed by atoms with Crippen molar-refractivity contribution in [2.24, 2.45) is 0 Å². The predicted molar refractivity (Wildman–Crippen MR) is 26.5 cm³/mol. The van der Waals surface area contributed by atoms with Crippen LogP contribution in [0, 0.1) is 0 Å². The summed E-state index contributed by atoms with van der Waals surface area (Å²) in [6, 6.07) is 0. The van der Waals surface area contributed by atoms with Gasteiger partial charge in [-0.2, -0.15) is 22.0 Å². The maximum Gasteiger partial charge on any atom is 0.428 e. The Labute approximate surface area is 63.4 Å². The summed E-state index contributed by atoms with van der Waals surface area (Å²) in [7, 11) is 0. The molecule has 0 nitrogen and oxygen atoms in total. The van der Waals surface area contributed by atoms with E-state index in [-0.39, 0.29) is 0 Å². The van der Waals surface area contributed by atoms with Gasteiger partial charge in [-0.05, 0) is 6.92 Å². The molecule has 0 spiro atoms. The van der Waals surface area contributed by atoms with Crippen molar-refractivity contribution in [2.75, 3.05) is 6.67 Å². The van der Waals surface area contributed by atoms with Crippen LogP contribution in [-0.4, -0.2) is 24.4 Å². The third-order valence-electron chi connectivity index (χ3n) is 1.39. The van der Waals surface area contributed by atoms with E-state index in [9.17, 15) is 30.7 Å². The summed E-state index contributed by atoms with van der Waals surface area (Å²) in [6.45, 7) is -3.08. The van der Waals surface area contributed by atoms with Crippen molar-refractivity contribution < 1.29 is 30.7 Å². The molecule has 0 aromatic heterocycles. The van der Waals surface area contributed by atoms with E-state index >= 15 is 0 Å². The molecule has 0 bridgehead atoms. The van der Waals surface area contributed by atoms with Crippen LogP contribution in [0.1, 0.15) is 6.92 Å². The molecule has 0 aromatic carbocycles. The Hall–Kier alpha value is -0.490. The zero-order valence-corrected chi connectivity index (χ0v) is 5.85. The fourth-order valence-corrected chi connectivity index (χ4v) is 0.333. The highest BCUT2D eigenvalue weighted by molar-refractivity contribution is 4.95. The highest BCUT2D eigenvalue weighted by atomic mass is 19.4. The van der Waals surface area contributed by atoms with Crippen molar-refractivity contribution in [1.29, 1.82) is 0 Å². The van der Waals surface area contributed by atoms with Crippen molar-refractivity contribution in [1.82, 2.24) is 0 Å². The number of alkyl halides is 7. The molecule has 0 saturated heterocycles. The fraction of sp³-hybridized carbons (Fsp3) is 1.00. The van der Waals surface area contributed by atoms with Crippen LogP contribution in [0.4, 0.5) is 30.7 Å². The molecule has 7 heteroatoms. The highest BCUT2D eigenvalue weighted by Gasteiger charge is 2.67. The quantitative estimate of drug-likeness (QED) is 0.598. The second kappa shape index (κ2) is 2.77. The van der Waals surface area contributed by atoms with Gasteiger partial charge in [0.1, 0.15) is 0 Å². The summed E-state index contributed by atoms with van der Waals surface area (Å²) < 4.78 is 82.0. The Morgan fingerprint density at radius 3 is 1.33 bits per heavy atom. The molecule has 0 rings (SSSR count). The maximum absolute atomic E-state index is 12.3. The molecule has 74 valence electrons. The Morgan fingerprint density at radius 2 is 1.25 bits per heavy atom. The number of hydrogen-bond acceptors (Lipinski definition) is 0. The molecule has 0 aliphatic carbocycles. The van der Waals surface area contributed by atoms with E-state index in [1.54, 1.807) is 0 Å². The van der Waals surface area contributed by atoms with Crippen LogP contribution in [0.25, 0.3) is 0 Å².